The Morgan fingerprint density at radius 2 is 1.57 bits per heavy atom. The van der Waals surface area contributed by atoms with Gasteiger partial charge in [-0.3, -0.25) is 14.4 Å². The molecule has 0 radical (unpaired) electrons. The standard InChI is InChI=1S/C8H14N2O4/c1-2-9-6(11)3-4-7(12)10-5-8(13)14/h2-5H2,1H3,(H,9,11)(H,10,12)(H,13,14). The molecule has 0 aromatic heterocycles. The highest BCUT2D eigenvalue weighted by Crippen LogP contribution is 1.88. The molecule has 0 saturated heterocycles. The van der Waals surface area contributed by atoms with Gasteiger partial charge in [-0.15, -0.1) is 0 Å². The van der Waals surface area contributed by atoms with E-state index in [0.717, 1.165) is 0 Å². The molecule has 0 aromatic rings. The summed E-state index contributed by atoms with van der Waals surface area (Å²) in [4.78, 5) is 31.8. The molecule has 0 heterocycles. The van der Waals surface area contributed by atoms with Gasteiger partial charge >= 0.3 is 5.97 Å². The number of carboxylic acids is 1. The van der Waals surface area contributed by atoms with Crippen molar-refractivity contribution < 1.29 is 19.5 Å². The summed E-state index contributed by atoms with van der Waals surface area (Å²) in [5.74, 6) is -1.74. The second kappa shape index (κ2) is 6.88. The lowest BCUT2D eigenvalue weighted by atomic mass is 10.3. The molecule has 0 atom stereocenters. The van der Waals surface area contributed by atoms with E-state index in [2.05, 4.69) is 10.6 Å². The summed E-state index contributed by atoms with van der Waals surface area (Å²) in [6.45, 7) is 1.90. The van der Waals surface area contributed by atoms with Crippen LogP contribution in [0.15, 0.2) is 0 Å². The van der Waals surface area contributed by atoms with Gasteiger partial charge in [-0.05, 0) is 6.92 Å². The zero-order valence-corrected chi connectivity index (χ0v) is 8.00. The van der Waals surface area contributed by atoms with Gasteiger partial charge in [-0.2, -0.15) is 0 Å². The van der Waals surface area contributed by atoms with Crippen LogP contribution in [0.5, 0.6) is 0 Å². The fraction of sp³-hybridized carbons (Fsp3) is 0.625. The summed E-state index contributed by atoms with van der Waals surface area (Å²) >= 11 is 0. The Labute approximate surface area is 81.7 Å². The number of aliphatic carboxylic acids is 1. The van der Waals surface area contributed by atoms with Crippen molar-refractivity contribution in [2.24, 2.45) is 0 Å². The van der Waals surface area contributed by atoms with Crippen LogP contribution in [0.4, 0.5) is 0 Å². The lowest BCUT2D eigenvalue weighted by molar-refractivity contribution is -0.138. The Bertz CT molecular complexity index is 227. The normalized spacial score (nSPS) is 9.21. The Hall–Kier alpha value is -1.59. The number of rotatable bonds is 6. The molecule has 0 saturated carbocycles. The van der Waals surface area contributed by atoms with Crippen molar-refractivity contribution in [1.29, 1.82) is 0 Å². The van der Waals surface area contributed by atoms with E-state index >= 15 is 0 Å². The second-order valence-corrected chi connectivity index (χ2v) is 2.62. The van der Waals surface area contributed by atoms with Crippen LogP contribution in [0.25, 0.3) is 0 Å². The van der Waals surface area contributed by atoms with Crippen LogP contribution < -0.4 is 10.6 Å². The highest BCUT2D eigenvalue weighted by Gasteiger charge is 2.06. The minimum Gasteiger partial charge on any atom is -0.480 e. The van der Waals surface area contributed by atoms with Gasteiger partial charge in [0.25, 0.3) is 0 Å². The summed E-state index contributed by atoms with van der Waals surface area (Å²) in [6, 6.07) is 0. The van der Waals surface area contributed by atoms with Gasteiger partial charge in [-0.25, -0.2) is 0 Å². The lowest BCUT2D eigenvalue weighted by Gasteiger charge is -2.02. The minimum absolute atomic E-state index is 0.0130. The molecule has 3 N–H and O–H groups in total. The number of carbonyl (C=O) groups excluding carboxylic acids is 2. The third kappa shape index (κ3) is 7.08. The second-order valence-electron chi connectivity index (χ2n) is 2.62. The van der Waals surface area contributed by atoms with E-state index in [9.17, 15) is 14.4 Å². The van der Waals surface area contributed by atoms with Crippen LogP contribution in [-0.2, 0) is 14.4 Å². The molecule has 0 aliphatic carbocycles. The lowest BCUT2D eigenvalue weighted by Crippen LogP contribution is -2.31. The molecule has 0 aromatic carbocycles. The molecule has 0 rings (SSSR count). The predicted octanol–water partition coefficient (Wildman–Crippen LogP) is -0.896. The molecule has 2 amide bonds. The fourth-order valence-corrected chi connectivity index (χ4v) is 0.775. The minimum atomic E-state index is -1.10. The Morgan fingerprint density at radius 3 is 2.00 bits per heavy atom. The van der Waals surface area contributed by atoms with Crippen LogP contribution in [0.1, 0.15) is 19.8 Å². The summed E-state index contributed by atoms with van der Waals surface area (Å²) in [5.41, 5.74) is 0. The SMILES string of the molecule is CCNC(=O)CCC(=O)NCC(=O)O. The van der Waals surface area contributed by atoms with Crippen molar-refractivity contribution >= 4 is 17.8 Å². The Balaban J connectivity index is 3.53. The van der Waals surface area contributed by atoms with Gasteiger partial charge < -0.3 is 15.7 Å². The fourth-order valence-electron chi connectivity index (χ4n) is 0.775. The van der Waals surface area contributed by atoms with Gasteiger partial charge in [0, 0.05) is 19.4 Å². The molecular weight excluding hydrogens is 188 g/mol. The molecule has 0 spiro atoms. The highest BCUT2D eigenvalue weighted by molar-refractivity contribution is 5.85. The average Bonchev–Trinajstić information content (AvgIpc) is 2.12. The van der Waals surface area contributed by atoms with Gasteiger partial charge in [0.05, 0.1) is 0 Å². The maximum atomic E-state index is 10.9. The molecule has 80 valence electrons. The van der Waals surface area contributed by atoms with E-state index in [0.29, 0.717) is 6.54 Å². The number of nitrogens with one attached hydrogen (secondary N) is 2. The first-order chi connectivity index (χ1) is 6.56. The maximum absolute atomic E-state index is 10.9. The maximum Gasteiger partial charge on any atom is 0.322 e. The number of carbonyl (C=O) groups is 3. The van der Waals surface area contributed by atoms with Gasteiger partial charge in [0.15, 0.2) is 0 Å². The van der Waals surface area contributed by atoms with Gasteiger partial charge in [0.1, 0.15) is 6.54 Å². The zero-order valence-electron chi connectivity index (χ0n) is 8.00. The van der Waals surface area contributed by atoms with Crippen molar-refractivity contribution in [3.8, 4) is 0 Å². The van der Waals surface area contributed by atoms with Crippen molar-refractivity contribution in [2.45, 2.75) is 19.8 Å². The first-order valence-corrected chi connectivity index (χ1v) is 4.31. The topological polar surface area (TPSA) is 95.5 Å². The van der Waals surface area contributed by atoms with Crippen molar-refractivity contribution in [2.75, 3.05) is 13.1 Å². The zero-order chi connectivity index (χ0) is 11.0. The van der Waals surface area contributed by atoms with Gasteiger partial charge in [0.2, 0.25) is 11.8 Å². The highest BCUT2D eigenvalue weighted by atomic mass is 16.4. The predicted molar refractivity (Wildman–Crippen MR) is 48.6 cm³/mol. The van der Waals surface area contributed by atoms with E-state index in [1.54, 1.807) is 6.92 Å². The van der Waals surface area contributed by atoms with E-state index in [1.807, 2.05) is 0 Å². The number of amides is 2. The van der Waals surface area contributed by atoms with E-state index in [-0.39, 0.29) is 18.7 Å². The number of carboxylic acid groups (broad SMARTS) is 1. The van der Waals surface area contributed by atoms with Crippen LogP contribution in [0, 0.1) is 0 Å². The molecule has 0 unspecified atom stereocenters. The van der Waals surface area contributed by atoms with Crippen molar-refractivity contribution in [1.82, 2.24) is 10.6 Å². The van der Waals surface area contributed by atoms with Crippen LogP contribution in [0.2, 0.25) is 0 Å². The van der Waals surface area contributed by atoms with E-state index in [4.69, 9.17) is 5.11 Å². The van der Waals surface area contributed by atoms with E-state index < -0.39 is 18.4 Å². The number of hydrogen-bond acceptors (Lipinski definition) is 3. The van der Waals surface area contributed by atoms with Gasteiger partial charge in [-0.1, -0.05) is 0 Å². The van der Waals surface area contributed by atoms with Crippen LogP contribution in [-0.4, -0.2) is 36.0 Å². The summed E-state index contributed by atoms with van der Waals surface area (Å²) in [7, 11) is 0. The van der Waals surface area contributed by atoms with Crippen molar-refractivity contribution in [3.63, 3.8) is 0 Å². The monoisotopic (exact) mass is 202 g/mol. The Kier molecular flexibility index (Phi) is 6.09. The third-order valence-electron chi connectivity index (χ3n) is 1.39. The first-order valence-electron chi connectivity index (χ1n) is 4.31. The molecule has 6 nitrogen and oxygen atoms in total. The Morgan fingerprint density at radius 1 is 1.07 bits per heavy atom. The van der Waals surface area contributed by atoms with Crippen molar-refractivity contribution in [3.05, 3.63) is 0 Å². The average molecular weight is 202 g/mol. The molecule has 0 bridgehead atoms. The molecule has 0 aliphatic rings. The molecule has 14 heavy (non-hydrogen) atoms. The summed E-state index contributed by atoms with van der Waals surface area (Å²) < 4.78 is 0. The molecule has 0 aliphatic heterocycles. The molecule has 0 fully saturated rings. The smallest absolute Gasteiger partial charge is 0.322 e. The van der Waals surface area contributed by atoms with Crippen LogP contribution >= 0.6 is 0 Å². The molecular formula is C8H14N2O4. The number of hydrogen-bond donors (Lipinski definition) is 3. The largest absolute Gasteiger partial charge is 0.480 e. The summed E-state index contributed by atoms with van der Waals surface area (Å²) in [6.07, 6.45) is 0.0956. The molecule has 6 heteroatoms. The van der Waals surface area contributed by atoms with E-state index in [1.165, 1.54) is 0 Å². The summed E-state index contributed by atoms with van der Waals surface area (Å²) in [5, 5.41) is 12.9. The van der Waals surface area contributed by atoms with Crippen LogP contribution in [0.3, 0.4) is 0 Å². The quantitative estimate of drug-likeness (QED) is 0.520. The third-order valence-corrected chi connectivity index (χ3v) is 1.39. The first kappa shape index (κ1) is 12.4.